The minimum Gasteiger partial charge on any atom is -0.394 e. The number of hydrogen-bond acceptors (Lipinski definition) is 8. The van der Waals surface area contributed by atoms with E-state index < -0.39 is 18.7 Å². The number of anilines is 1. The summed E-state index contributed by atoms with van der Waals surface area (Å²) in [5, 5.41) is 33.5. The second-order valence-electron chi connectivity index (χ2n) is 9.62. The number of likely N-dealkylation sites (tertiary alicyclic amines) is 1. The largest absolute Gasteiger partial charge is 0.394 e. The summed E-state index contributed by atoms with van der Waals surface area (Å²) in [5.74, 6) is 0.577. The van der Waals surface area contributed by atoms with Gasteiger partial charge in [-0.3, -0.25) is 4.90 Å². The Morgan fingerprint density at radius 2 is 1.97 bits per heavy atom. The Bertz CT molecular complexity index is 1470. The van der Waals surface area contributed by atoms with Crippen molar-refractivity contribution in [2.45, 2.75) is 50.7 Å². The average molecular weight is 545 g/mol. The van der Waals surface area contributed by atoms with Crippen LogP contribution >= 0.6 is 11.3 Å². The van der Waals surface area contributed by atoms with E-state index in [0.29, 0.717) is 21.7 Å². The molecule has 0 unspecified atom stereocenters. The maximum Gasteiger partial charge on any atom is 0.393 e. The van der Waals surface area contributed by atoms with E-state index in [4.69, 9.17) is 0 Å². The van der Waals surface area contributed by atoms with Crippen molar-refractivity contribution in [2.24, 2.45) is 0 Å². The van der Waals surface area contributed by atoms with Gasteiger partial charge >= 0.3 is 6.18 Å². The number of aromatic nitrogens is 3. The highest BCUT2D eigenvalue weighted by Crippen LogP contribution is 2.33. The van der Waals surface area contributed by atoms with Crippen LogP contribution < -0.4 is 5.32 Å². The number of aliphatic hydroxyl groups excluding tert-OH is 2. The Morgan fingerprint density at radius 1 is 1.18 bits per heavy atom. The minimum atomic E-state index is -4.26. The van der Waals surface area contributed by atoms with Gasteiger partial charge in [0.05, 0.1) is 31.1 Å². The summed E-state index contributed by atoms with van der Waals surface area (Å²) >= 11 is 1.05. The molecule has 0 saturated carbocycles. The van der Waals surface area contributed by atoms with Crippen molar-refractivity contribution in [3.05, 3.63) is 52.8 Å². The highest BCUT2D eigenvalue weighted by atomic mass is 32.1. The molecule has 200 valence electrons. The third kappa shape index (κ3) is 5.91. The standard InChI is InChI=1S/C26H27F3N6O2S/c27-26(28,29)10-21-9-22-24(31-15-32-25(22)38-21)33-18-3-5-34(6-4-18)12-16-1-2-23-17(7-16)8-19(11-30)35(23)13-20(37)14-36/h1-2,7-9,15,18,20,36-37H,3-6,10,12-14H2,(H,31,32,33)/t20-/m1/s1. The van der Waals surface area contributed by atoms with Gasteiger partial charge in [-0.1, -0.05) is 6.07 Å². The molecule has 38 heavy (non-hydrogen) atoms. The summed E-state index contributed by atoms with van der Waals surface area (Å²) in [6.45, 7) is 2.22. The zero-order valence-electron chi connectivity index (χ0n) is 20.4. The third-order valence-corrected chi connectivity index (χ3v) is 7.82. The maximum absolute atomic E-state index is 12.8. The number of alkyl halides is 3. The van der Waals surface area contributed by atoms with Gasteiger partial charge < -0.3 is 20.1 Å². The molecule has 1 aliphatic heterocycles. The van der Waals surface area contributed by atoms with E-state index in [2.05, 4.69) is 32.3 Å². The van der Waals surface area contributed by atoms with Gasteiger partial charge in [0, 0.05) is 41.5 Å². The second-order valence-corrected chi connectivity index (χ2v) is 10.7. The average Bonchev–Trinajstić information content (AvgIpc) is 3.44. The molecule has 3 N–H and O–H groups in total. The quantitative estimate of drug-likeness (QED) is 0.307. The molecule has 0 amide bonds. The number of nitrogens with one attached hydrogen (secondary N) is 1. The van der Waals surface area contributed by atoms with Crippen LogP contribution in [0.5, 0.6) is 0 Å². The van der Waals surface area contributed by atoms with Crippen molar-refractivity contribution >= 4 is 38.3 Å². The van der Waals surface area contributed by atoms with Gasteiger partial charge in [0.1, 0.15) is 28.7 Å². The van der Waals surface area contributed by atoms with Gasteiger partial charge in [-0.05, 0) is 42.7 Å². The van der Waals surface area contributed by atoms with Crippen molar-refractivity contribution in [3.8, 4) is 6.07 Å². The van der Waals surface area contributed by atoms with Crippen molar-refractivity contribution in [2.75, 3.05) is 25.0 Å². The van der Waals surface area contributed by atoms with E-state index in [-0.39, 0.29) is 24.1 Å². The topological polar surface area (TPSA) is 110 Å². The molecule has 5 rings (SSSR count). The maximum atomic E-state index is 12.8. The molecule has 4 heterocycles. The minimum absolute atomic E-state index is 0.149. The van der Waals surface area contributed by atoms with Crippen LogP contribution in [-0.4, -0.2) is 67.7 Å². The van der Waals surface area contributed by atoms with Crippen molar-refractivity contribution in [3.63, 3.8) is 0 Å². The zero-order chi connectivity index (χ0) is 26.9. The molecule has 1 aromatic carbocycles. The second kappa shape index (κ2) is 10.9. The van der Waals surface area contributed by atoms with Gasteiger partial charge in [-0.25, -0.2) is 9.97 Å². The predicted octanol–water partition coefficient (Wildman–Crippen LogP) is 4.05. The highest BCUT2D eigenvalue weighted by Gasteiger charge is 2.29. The first kappa shape index (κ1) is 26.4. The van der Waals surface area contributed by atoms with E-state index in [9.17, 15) is 28.6 Å². The summed E-state index contributed by atoms with van der Waals surface area (Å²) in [5.41, 5.74) is 2.39. The first-order valence-corrected chi connectivity index (χ1v) is 13.1. The zero-order valence-corrected chi connectivity index (χ0v) is 21.3. The number of piperidine rings is 1. The Morgan fingerprint density at radius 3 is 2.68 bits per heavy atom. The van der Waals surface area contributed by atoms with E-state index >= 15 is 0 Å². The smallest absolute Gasteiger partial charge is 0.393 e. The molecule has 1 fully saturated rings. The van der Waals surface area contributed by atoms with Gasteiger partial charge in [0.2, 0.25) is 0 Å². The van der Waals surface area contributed by atoms with Crippen LogP contribution in [0.1, 0.15) is 29.0 Å². The molecule has 3 aromatic heterocycles. The van der Waals surface area contributed by atoms with Crippen LogP contribution in [0.25, 0.3) is 21.1 Å². The van der Waals surface area contributed by atoms with Gasteiger partial charge in [-0.2, -0.15) is 18.4 Å². The van der Waals surface area contributed by atoms with Crippen LogP contribution in [0.2, 0.25) is 0 Å². The monoisotopic (exact) mass is 544 g/mol. The molecule has 0 bridgehead atoms. The lowest BCUT2D eigenvalue weighted by molar-refractivity contribution is -0.126. The van der Waals surface area contributed by atoms with Crippen molar-refractivity contribution in [1.29, 1.82) is 5.26 Å². The van der Waals surface area contributed by atoms with E-state index in [1.54, 1.807) is 10.6 Å². The number of benzene rings is 1. The van der Waals surface area contributed by atoms with Crippen LogP contribution in [0.4, 0.5) is 19.0 Å². The van der Waals surface area contributed by atoms with Gasteiger partial charge in [0.25, 0.3) is 0 Å². The number of thiophene rings is 1. The molecular weight excluding hydrogens is 517 g/mol. The lowest BCUT2D eigenvalue weighted by Gasteiger charge is -2.32. The van der Waals surface area contributed by atoms with E-state index in [0.717, 1.165) is 60.3 Å². The Kier molecular flexibility index (Phi) is 7.54. The fraction of sp³-hybridized carbons (Fsp3) is 0.423. The molecule has 0 radical (unpaired) electrons. The Hall–Kier alpha value is -3.24. The van der Waals surface area contributed by atoms with Gasteiger partial charge in [0.15, 0.2) is 0 Å². The Balaban J connectivity index is 1.21. The first-order chi connectivity index (χ1) is 18.2. The summed E-state index contributed by atoms with van der Waals surface area (Å²) in [6, 6.07) is 11.7. The summed E-state index contributed by atoms with van der Waals surface area (Å²) in [4.78, 5) is 11.6. The van der Waals surface area contributed by atoms with Crippen LogP contribution in [0.15, 0.2) is 36.7 Å². The summed E-state index contributed by atoms with van der Waals surface area (Å²) < 4.78 is 40.2. The van der Waals surface area contributed by atoms with Crippen LogP contribution in [-0.2, 0) is 19.5 Å². The number of nitrogens with zero attached hydrogens (tertiary/aromatic N) is 5. The number of hydrogen-bond donors (Lipinski definition) is 3. The number of rotatable bonds is 8. The summed E-state index contributed by atoms with van der Waals surface area (Å²) in [7, 11) is 0. The molecule has 1 atom stereocenters. The van der Waals surface area contributed by atoms with E-state index in [1.807, 2.05) is 12.1 Å². The lowest BCUT2D eigenvalue weighted by atomic mass is 10.0. The molecule has 1 aliphatic rings. The molecular formula is C26H27F3N6O2S. The third-order valence-electron chi connectivity index (χ3n) is 6.77. The first-order valence-electron chi connectivity index (χ1n) is 12.3. The van der Waals surface area contributed by atoms with Crippen LogP contribution in [0, 0.1) is 11.3 Å². The fourth-order valence-corrected chi connectivity index (χ4v) is 6.00. The Labute approximate surface area is 221 Å². The van der Waals surface area contributed by atoms with Gasteiger partial charge in [-0.15, -0.1) is 11.3 Å². The summed E-state index contributed by atoms with van der Waals surface area (Å²) in [6.07, 6.45) is -3.05. The van der Waals surface area contributed by atoms with Crippen molar-refractivity contribution in [1.82, 2.24) is 19.4 Å². The number of nitriles is 1. The normalized spacial score (nSPS) is 16.2. The van der Waals surface area contributed by atoms with Crippen molar-refractivity contribution < 1.29 is 23.4 Å². The number of aliphatic hydroxyl groups is 2. The molecule has 0 aliphatic carbocycles. The molecule has 1 saturated heterocycles. The predicted molar refractivity (Wildman–Crippen MR) is 139 cm³/mol. The highest BCUT2D eigenvalue weighted by molar-refractivity contribution is 7.18. The molecule has 12 heteroatoms. The molecule has 4 aromatic rings. The van der Waals surface area contributed by atoms with Crippen LogP contribution in [0.3, 0.4) is 0 Å². The lowest BCUT2D eigenvalue weighted by Crippen LogP contribution is -2.38. The van der Waals surface area contributed by atoms with E-state index in [1.165, 1.54) is 12.4 Å². The SMILES string of the molecule is N#Cc1cc2cc(CN3CCC(Nc4ncnc5sc(CC(F)(F)F)cc45)CC3)ccc2n1C[C@@H](O)CO. The molecule has 8 nitrogen and oxygen atoms in total. The molecule has 0 spiro atoms. The number of halogens is 3. The fourth-order valence-electron chi connectivity index (χ4n) is 4.97. The number of fused-ring (bicyclic) bond motifs is 2.